The number of thioether (sulfide) groups is 1. The number of rotatable bonds is 5. The van der Waals surface area contributed by atoms with Gasteiger partial charge in [0.25, 0.3) is 0 Å². The minimum atomic E-state index is 0.0150. The van der Waals surface area contributed by atoms with Crippen LogP contribution in [-0.2, 0) is 9.53 Å². The number of fused-ring (bicyclic) bond motifs is 3. The third-order valence-corrected chi connectivity index (χ3v) is 8.19. The lowest BCUT2D eigenvalue weighted by atomic mass is 9.63. The number of benzene rings is 1. The Labute approximate surface area is 172 Å². The maximum absolute atomic E-state index is 12.5. The third-order valence-electron chi connectivity index (χ3n) is 7.06. The average Bonchev–Trinajstić information content (AvgIpc) is 3.19. The fourth-order valence-electron chi connectivity index (χ4n) is 5.59. The number of piperidine rings is 1. The second-order valence-corrected chi connectivity index (χ2v) is 9.84. The molecule has 2 heterocycles. The second-order valence-electron chi connectivity index (χ2n) is 8.79. The van der Waals surface area contributed by atoms with Gasteiger partial charge in [0.1, 0.15) is 0 Å². The molecule has 0 aromatic heterocycles. The van der Waals surface area contributed by atoms with Crippen LogP contribution in [0.1, 0.15) is 49.7 Å². The van der Waals surface area contributed by atoms with Gasteiger partial charge in [0.15, 0.2) is 0 Å². The first-order valence-corrected chi connectivity index (χ1v) is 11.4. The van der Waals surface area contributed by atoms with E-state index in [1.165, 1.54) is 11.1 Å². The molecule has 1 aromatic rings. The van der Waals surface area contributed by atoms with Crippen LogP contribution in [0.3, 0.4) is 0 Å². The van der Waals surface area contributed by atoms with Crippen molar-refractivity contribution >= 4 is 17.7 Å². The van der Waals surface area contributed by atoms with Crippen molar-refractivity contribution in [2.45, 2.75) is 55.9 Å². The van der Waals surface area contributed by atoms with Crippen molar-refractivity contribution in [2.75, 3.05) is 13.7 Å². The molecule has 4 nitrogen and oxygen atoms in total. The van der Waals surface area contributed by atoms with E-state index >= 15 is 0 Å². The number of allylic oxidation sites excluding steroid dienone is 1. The summed E-state index contributed by atoms with van der Waals surface area (Å²) in [5, 5.41) is 5.44. The highest BCUT2D eigenvalue weighted by atomic mass is 32.2. The molecule has 1 saturated heterocycles. The molecule has 152 valence electrons. The van der Waals surface area contributed by atoms with Crippen LogP contribution in [-0.4, -0.2) is 37.0 Å². The number of methoxy groups -OCH3 is 1. The summed E-state index contributed by atoms with van der Waals surface area (Å²) in [5.41, 5.74) is 8.66. The van der Waals surface area contributed by atoms with E-state index in [0.29, 0.717) is 36.1 Å². The molecule has 1 saturated carbocycles. The fraction of sp³-hybridized carbons (Fsp3) is 0.609. The van der Waals surface area contributed by atoms with Gasteiger partial charge in [-0.25, -0.2) is 0 Å². The van der Waals surface area contributed by atoms with Gasteiger partial charge < -0.3 is 15.8 Å². The third kappa shape index (κ3) is 3.42. The molecule has 5 heteroatoms. The molecule has 1 aliphatic carbocycles. The van der Waals surface area contributed by atoms with Crippen LogP contribution < -0.4 is 11.1 Å². The summed E-state index contributed by atoms with van der Waals surface area (Å²) in [7, 11) is 1.83. The Morgan fingerprint density at radius 3 is 2.64 bits per heavy atom. The first-order valence-electron chi connectivity index (χ1n) is 10.5. The van der Waals surface area contributed by atoms with Gasteiger partial charge in [0, 0.05) is 25.0 Å². The zero-order chi connectivity index (χ0) is 19.8. The smallest absolute Gasteiger partial charge is 0.234 e. The van der Waals surface area contributed by atoms with Crippen LogP contribution in [0.15, 0.2) is 35.7 Å². The van der Waals surface area contributed by atoms with E-state index in [-0.39, 0.29) is 23.3 Å². The first kappa shape index (κ1) is 20.0. The zero-order valence-electron chi connectivity index (χ0n) is 17.0. The van der Waals surface area contributed by atoms with Crippen molar-refractivity contribution in [1.82, 2.24) is 5.32 Å². The maximum Gasteiger partial charge on any atom is 0.234 e. The molecule has 2 aliphatic heterocycles. The van der Waals surface area contributed by atoms with Crippen LogP contribution in [0.4, 0.5) is 0 Å². The Kier molecular flexibility index (Phi) is 5.86. The SMILES string of the molecule is COC1CCC2NC(=O)C3SC=CC3C2C1c1ccc(C(CN)C(C)C)cc1. The summed E-state index contributed by atoms with van der Waals surface area (Å²) in [4.78, 5) is 12.5. The van der Waals surface area contributed by atoms with Crippen molar-refractivity contribution < 1.29 is 9.53 Å². The van der Waals surface area contributed by atoms with E-state index in [1.807, 2.05) is 7.11 Å². The van der Waals surface area contributed by atoms with Gasteiger partial charge in [0.05, 0.1) is 11.4 Å². The molecule has 0 radical (unpaired) electrons. The van der Waals surface area contributed by atoms with Crippen LogP contribution in [0, 0.1) is 17.8 Å². The molecule has 4 rings (SSSR count). The minimum Gasteiger partial charge on any atom is -0.381 e. The Morgan fingerprint density at radius 1 is 1.25 bits per heavy atom. The first-order chi connectivity index (χ1) is 13.5. The molecular formula is C23H32N2O2S. The number of carbonyl (C=O) groups is 1. The highest BCUT2D eigenvalue weighted by Gasteiger charge is 2.52. The van der Waals surface area contributed by atoms with Gasteiger partial charge >= 0.3 is 0 Å². The molecule has 3 N–H and O–H groups in total. The highest BCUT2D eigenvalue weighted by Crippen LogP contribution is 2.50. The highest BCUT2D eigenvalue weighted by molar-refractivity contribution is 8.03. The molecule has 3 aliphatic rings. The Balaban J connectivity index is 1.67. The number of carbonyl (C=O) groups excluding carboxylic acids is 1. The molecule has 28 heavy (non-hydrogen) atoms. The lowest BCUT2D eigenvalue weighted by Crippen LogP contribution is -2.59. The van der Waals surface area contributed by atoms with Crippen LogP contribution >= 0.6 is 11.8 Å². The number of amides is 1. The van der Waals surface area contributed by atoms with Crippen molar-refractivity contribution in [3.05, 3.63) is 46.9 Å². The maximum atomic E-state index is 12.5. The molecule has 0 bridgehead atoms. The summed E-state index contributed by atoms with van der Waals surface area (Å²) in [6.45, 7) is 5.13. The van der Waals surface area contributed by atoms with E-state index in [2.05, 4.69) is 54.9 Å². The van der Waals surface area contributed by atoms with Crippen molar-refractivity contribution in [1.29, 1.82) is 0 Å². The van der Waals surface area contributed by atoms with Crippen LogP contribution in [0.2, 0.25) is 0 Å². The van der Waals surface area contributed by atoms with Crippen LogP contribution in [0.25, 0.3) is 0 Å². The summed E-state index contributed by atoms with van der Waals surface area (Å²) in [6.07, 6.45) is 4.43. The van der Waals surface area contributed by atoms with Gasteiger partial charge in [-0.2, -0.15) is 0 Å². The summed E-state index contributed by atoms with van der Waals surface area (Å²) in [6, 6.07) is 9.29. The molecule has 2 fully saturated rings. The van der Waals surface area contributed by atoms with Gasteiger partial charge in [-0.1, -0.05) is 44.2 Å². The minimum absolute atomic E-state index is 0.0150. The largest absolute Gasteiger partial charge is 0.381 e. The average molecular weight is 401 g/mol. The van der Waals surface area contributed by atoms with E-state index in [0.717, 1.165) is 12.8 Å². The molecule has 1 amide bonds. The number of hydrogen-bond donors (Lipinski definition) is 2. The van der Waals surface area contributed by atoms with E-state index < -0.39 is 0 Å². The number of nitrogens with one attached hydrogen (secondary N) is 1. The quantitative estimate of drug-likeness (QED) is 0.792. The Hall–Kier alpha value is -1.30. The standard InChI is InChI=1S/C23H32N2O2S/c1-13(2)17(12-24)14-4-6-15(7-5-14)20-19(27-3)9-8-18-21(20)16-10-11-28-22(16)23(26)25-18/h4-7,10-11,13,16-22H,8-9,12,24H2,1-3H3,(H,25,26). The van der Waals surface area contributed by atoms with Crippen LogP contribution in [0.5, 0.6) is 0 Å². The van der Waals surface area contributed by atoms with Crippen molar-refractivity contribution in [2.24, 2.45) is 23.5 Å². The zero-order valence-corrected chi connectivity index (χ0v) is 17.8. The molecule has 7 unspecified atom stereocenters. The lowest BCUT2D eigenvalue weighted by molar-refractivity contribution is -0.127. The number of nitrogens with two attached hydrogens (primary N) is 1. The van der Waals surface area contributed by atoms with Crippen molar-refractivity contribution in [3.63, 3.8) is 0 Å². The molecule has 0 spiro atoms. The monoisotopic (exact) mass is 400 g/mol. The number of hydrogen-bond acceptors (Lipinski definition) is 4. The normalized spacial score (nSPS) is 35.4. The molecule has 1 aromatic carbocycles. The summed E-state index contributed by atoms with van der Waals surface area (Å²) in [5.74, 6) is 2.08. The summed E-state index contributed by atoms with van der Waals surface area (Å²) >= 11 is 1.66. The van der Waals surface area contributed by atoms with E-state index in [9.17, 15) is 4.79 Å². The Bertz CT molecular complexity index is 733. The second kappa shape index (κ2) is 8.21. The topological polar surface area (TPSA) is 64.3 Å². The van der Waals surface area contributed by atoms with Gasteiger partial charge in [0.2, 0.25) is 5.91 Å². The fourth-order valence-corrected chi connectivity index (χ4v) is 6.68. The van der Waals surface area contributed by atoms with Gasteiger partial charge in [-0.15, -0.1) is 11.8 Å². The number of ether oxygens (including phenoxy) is 1. The summed E-state index contributed by atoms with van der Waals surface area (Å²) < 4.78 is 5.96. The predicted octanol–water partition coefficient (Wildman–Crippen LogP) is 3.64. The predicted molar refractivity (Wildman–Crippen MR) is 115 cm³/mol. The van der Waals surface area contributed by atoms with Gasteiger partial charge in [-0.3, -0.25) is 4.79 Å². The van der Waals surface area contributed by atoms with E-state index in [1.54, 1.807) is 11.8 Å². The van der Waals surface area contributed by atoms with E-state index in [4.69, 9.17) is 10.5 Å². The van der Waals surface area contributed by atoms with Crippen molar-refractivity contribution in [3.8, 4) is 0 Å². The lowest BCUT2D eigenvalue weighted by Gasteiger charge is -2.49. The Morgan fingerprint density at radius 2 is 2.00 bits per heavy atom. The molecule has 7 atom stereocenters. The van der Waals surface area contributed by atoms with Gasteiger partial charge in [-0.05, 0) is 53.7 Å². The molecular weight excluding hydrogens is 368 g/mol.